The summed E-state index contributed by atoms with van der Waals surface area (Å²) in [5, 5.41) is 9.92. The van der Waals surface area contributed by atoms with E-state index in [9.17, 15) is 5.26 Å². The smallest absolute Gasteiger partial charge is 0.147 e. The molecule has 0 unspecified atom stereocenters. The highest BCUT2D eigenvalue weighted by molar-refractivity contribution is 5.81. The van der Waals surface area contributed by atoms with Gasteiger partial charge in [0, 0.05) is 24.2 Å². The Balaban J connectivity index is 1.94. The number of rotatable bonds is 3. The van der Waals surface area contributed by atoms with Gasteiger partial charge in [-0.2, -0.15) is 5.26 Å². The molecule has 26 heavy (non-hydrogen) atoms. The van der Waals surface area contributed by atoms with Crippen LogP contribution >= 0.6 is 0 Å². The molecule has 3 heteroatoms. The lowest BCUT2D eigenvalue weighted by Gasteiger charge is -2.21. The van der Waals surface area contributed by atoms with Gasteiger partial charge in [0.15, 0.2) is 0 Å². The van der Waals surface area contributed by atoms with E-state index < -0.39 is 0 Å². The van der Waals surface area contributed by atoms with Gasteiger partial charge >= 0.3 is 0 Å². The van der Waals surface area contributed by atoms with E-state index in [0.29, 0.717) is 5.56 Å². The SMILES string of the molecule is Cc1ccc(-c2cc(-c3ccccc3)nc(N3CCCC3)c2C#N)cc1. The van der Waals surface area contributed by atoms with Crippen LogP contribution < -0.4 is 4.90 Å². The zero-order valence-corrected chi connectivity index (χ0v) is 14.9. The van der Waals surface area contributed by atoms with Crippen LogP contribution in [0.2, 0.25) is 0 Å². The largest absolute Gasteiger partial charge is 0.355 e. The van der Waals surface area contributed by atoms with Crippen molar-refractivity contribution in [2.24, 2.45) is 0 Å². The summed E-state index contributed by atoms with van der Waals surface area (Å²) in [5.74, 6) is 0.821. The fraction of sp³-hybridized carbons (Fsp3) is 0.217. The van der Waals surface area contributed by atoms with Gasteiger partial charge in [-0.25, -0.2) is 4.98 Å². The van der Waals surface area contributed by atoms with Gasteiger partial charge in [0.1, 0.15) is 17.5 Å². The van der Waals surface area contributed by atoms with Crippen LogP contribution in [0.3, 0.4) is 0 Å². The van der Waals surface area contributed by atoms with Gasteiger partial charge in [-0.15, -0.1) is 0 Å². The maximum absolute atomic E-state index is 9.92. The van der Waals surface area contributed by atoms with Crippen molar-refractivity contribution in [3.8, 4) is 28.5 Å². The van der Waals surface area contributed by atoms with Crippen molar-refractivity contribution in [1.82, 2.24) is 4.98 Å². The van der Waals surface area contributed by atoms with E-state index in [-0.39, 0.29) is 0 Å². The molecule has 1 saturated heterocycles. The second kappa shape index (κ2) is 7.01. The van der Waals surface area contributed by atoms with Gasteiger partial charge in [0.05, 0.1) is 5.69 Å². The number of nitriles is 1. The minimum Gasteiger partial charge on any atom is -0.355 e. The molecule has 1 fully saturated rings. The Bertz CT molecular complexity index is 947. The van der Waals surface area contributed by atoms with E-state index in [2.05, 4.69) is 60.4 Å². The summed E-state index contributed by atoms with van der Waals surface area (Å²) >= 11 is 0. The van der Waals surface area contributed by atoms with Crippen LogP contribution in [-0.2, 0) is 0 Å². The number of pyridine rings is 1. The Labute approximate surface area is 154 Å². The Morgan fingerprint density at radius 3 is 2.27 bits per heavy atom. The van der Waals surface area contributed by atoms with Gasteiger partial charge in [-0.3, -0.25) is 0 Å². The van der Waals surface area contributed by atoms with Crippen LogP contribution in [0.4, 0.5) is 5.82 Å². The van der Waals surface area contributed by atoms with Crippen LogP contribution in [0.1, 0.15) is 24.0 Å². The van der Waals surface area contributed by atoms with Gasteiger partial charge in [0.2, 0.25) is 0 Å². The van der Waals surface area contributed by atoms with Crippen LogP contribution in [0, 0.1) is 18.3 Å². The molecule has 0 radical (unpaired) electrons. The standard InChI is InChI=1S/C23H21N3/c1-17-9-11-18(12-10-17)20-15-22(19-7-3-2-4-8-19)25-23(21(20)16-24)26-13-5-6-14-26/h2-4,7-12,15H,5-6,13-14H2,1H3. The molecule has 2 aromatic carbocycles. The van der Waals surface area contributed by atoms with E-state index in [1.54, 1.807) is 0 Å². The quantitative estimate of drug-likeness (QED) is 0.659. The highest BCUT2D eigenvalue weighted by Gasteiger charge is 2.22. The minimum absolute atomic E-state index is 0.676. The third-order valence-corrected chi connectivity index (χ3v) is 4.95. The molecule has 1 aromatic heterocycles. The maximum Gasteiger partial charge on any atom is 0.147 e. The average Bonchev–Trinajstić information content (AvgIpc) is 3.23. The molecule has 1 aliphatic heterocycles. The van der Waals surface area contributed by atoms with Gasteiger partial charge in [0.25, 0.3) is 0 Å². The van der Waals surface area contributed by atoms with Crippen molar-refractivity contribution in [3.63, 3.8) is 0 Å². The van der Waals surface area contributed by atoms with Gasteiger partial charge < -0.3 is 4.90 Å². The third-order valence-electron chi connectivity index (χ3n) is 4.95. The van der Waals surface area contributed by atoms with Crippen molar-refractivity contribution in [2.45, 2.75) is 19.8 Å². The number of hydrogen-bond donors (Lipinski definition) is 0. The van der Waals surface area contributed by atoms with E-state index in [0.717, 1.165) is 54.1 Å². The average molecular weight is 339 g/mol. The van der Waals surface area contributed by atoms with Crippen LogP contribution in [0.5, 0.6) is 0 Å². The predicted octanol–water partition coefficient (Wildman–Crippen LogP) is 5.20. The van der Waals surface area contributed by atoms with E-state index in [1.165, 1.54) is 5.56 Å². The summed E-state index contributed by atoms with van der Waals surface area (Å²) in [6, 6.07) is 23.0. The number of anilines is 1. The van der Waals surface area contributed by atoms with Crippen LogP contribution in [-0.4, -0.2) is 18.1 Å². The lowest BCUT2D eigenvalue weighted by molar-refractivity contribution is 0.936. The highest BCUT2D eigenvalue weighted by atomic mass is 15.2. The Morgan fingerprint density at radius 1 is 0.923 bits per heavy atom. The molecule has 3 nitrogen and oxygen atoms in total. The van der Waals surface area contributed by atoms with E-state index in [1.807, 2.05) is 18.2 Å². The van der Waals surface area contributed by atoms with Crippen LogP contribution in [0.15, 0.2) is 60.7 Å². The maximum atomic E-state index is 9.92. The number of hydrogen-bond acceptors (Lipinski definition) is 3. The predicted molar refractivity (Wildman–Crippen MR) is 106 cm³/mol. The highest BCUT2D eigenvalue weighted by Crippen LogP contribution is 2.35. The molecule has 0 atom stereocenters. The lowest BCUT2D eigenvalue weighted by Crippen LogP contribution is -2.21. The number of benzene rings is 2. The fourth-order valence-electron chi connectivity index (χ4n) is 3.52. The summed E-state index contributed by atoms with van der Waals surface area (Å²) in [5.41, 5.74) is 5.91. The minimum atomic E-state index is 0.676. The van der Waals surface area contributed by atoms with Crippen molar-refractivity contribution >= 4 is 5.82 Å². The second-order valence-electron chi connectivity index (χ2n) is 6.79. The molecule has 128 valence electrons. The number of aromatic nitrogens is 1. The monoisotopic (exact) mass is 339 g/mol. The molecule has 4 rings (SSSR count). The third kappa shape index (κ3) is 3.07. The molecule has 1 aliphatic rings. The first kappa shape index (κ1) is 16.4. The van der Waals surface area contributed by atoms with Gasteiger partial charge in [-0.1, -0.05) is 60.2 Å². The topological polar surface area (TPSA) is 39.9 Å². The first-order valence-electron chi connectivity index (χ1n) is 9.09. The van der Waals surface area contributed by atoms with Crippen molar-refractivity contribution < 1.29 is 0 Å². The molecule has 0 amide bonds. The van der Waals surface area contributed by atoms with E-state index in [4.69, 9.17) is 4.98 Å². The zero-order chi connectivity index (χ0) is 17.9. The Hall–Kier alpha value is -3.12. The molecule has 0 N–H and O–H groups in total. The zero-order valence-electron chi connectivity index (χ0n) is 14.9. The Morgan fingerprint density at radius 2 is 1.62 bits per heavy atom. The summed E-state index contributed by atoms with van der Waals surface area (Å²) < 4.78 is 0. The number of nitrogens with zero attached hydrogens (tertiary/aromatic N) is 3. The lowest BCUT2D eigenvalue weighted by atomic mass is 9.97. The molecule has 0 bridgehead atoms. The molecular weight excluding hydrogens is 318 g/mol. The summed E-state index contributed by atoms with van der Waals surface area (Å²) in [7, 11) is 0. The molecule has 0 saturated carbocycles. The van der Waals surface area contributed by atoms with Crippen LogP contribution in [0.25, 0.3) is 22.4 Å². The summed E-state index contributed by atoms with van der Waals surface area (Å²) in [6.07, 6.45) is 2.31. The van der Waals surface area contributed by atoms with Gasteiger partial charge in [-0.05, 0) is 31.4 Å². The first-order chi connectivity index (χ1) is 12.8. The normalized spacial score (nSPS) is 13.6. The second-order valence-corrected chi connectivity index (χ2v) is 6.79. The molecule has 2 heterocycles. The first-order valence-corrected chi connectivity index (χ1v) is 9.09. The summed E-state index contributed by atoms with van der Waals surface area (Å²) in [6.45, 7) is 4.01. The number of aryl methyl sites for hydroxylation is 1. The Kier molecular flexibility index (Phi) is 4.41. The van der Waals surface area contributed by atoms with Crippen molar-refractivity contribution in [1.29, 1.82) is 5.26 Å². The molecular formula is C23H21N3. The summed E-state index contributed by atoms with van der Waals surface area (Å²) in [4.78, 5) is 7.16. The van der Waals surface area contributed by atoms with Crippen molar-refractivity contribution in [3.05, 3.63) is 71.8 Å². The molecule has 3 aromatic rings. The molecule has 0 aliphatic carbocycles. The van der Waals surface area contributed by atoms with E-state index >= 15 is 0 Å². The van der Waals surface area contributed by atoms with Crippen molar-refractivity contribution in [2.75, 3.05) is 18.0 Å². The fourth-order valence-corrected chi connectivity index (χ4v) is 3.52. The molecule has 0 spiro atoms.